The van der Waals surface area contributed by atoms with Gasteiger partial charge in [0.25, 0.3) is 11.9 Å². The third kappa shape index (κ3) is 10.7. The Morgan fingerprint density at radius 2 is 1.23 bits per heavy atom. The predicted molar refractivity (Wildman–Crippen MR) is 209 cm³/mol. The zero-order chi connectivity index (χ0) is 39.8. The molecule has 0 amide bonds. The molecule has 3 aromatic carbocycles. The normalized spacial score (nSPS) is 19.9. The van der Waals surface area contributed by atoms with Gasteiger partial charge in [-0.1, -0.05) is 136 Å². The second kappa shape index (κ2) is 20.9. The minimum absolute atomic E-state index is 0.211. The van der Waals surface area contributed by atoms with Crippen molar-refractivity contribution in [2.75, 3.05) is 20.2 Å². The van der Waals surface area contributed by atoms with E-state index in [0.717, 1.165) is 52.1 Å². The van der Waals surface area contributed by atoms with Crippen molar-refractivity contribution >= 4 is 24.2 Å². The second-order valence-electron chi connectivity index (χ2n) is 15.1. The summed E-state index contributed by atoms with van der Waals surface area (Å²) in [4.78, 5) is 50.9. The molecule has 0 saturated carbocycles. The number of unbranched alkanes of at least 4 members (excludes halogenated alkanes) is 6. The number of methoxy groups -OCH3 is 1. The molecule has 3 atom stereocenters. The van der Waals surface area contributed by atoms with E-state index in [-0.39, 0.29) is 12.5 Å². The summed E-state index contributed by atoms with van der Waals surface area (Å²) >= 11 is 0. The number of rotatable bonds is 16. The summed E-state index contributed by atoms with van der Waals surface area (Å²) in [5, 5.41) is 7.50. The first kappa shape index (κ1) is 42.2. The molecule has 6 rings (SSSR count). The Balaban J connectivity index is 0.00000113. The number of benzene rings is 3. The summed E-state index contributed by atoms with van der Waals surface area (Å²) in [5.74, 6) is -1.13. The Hall–Kier alpha value is -4.90. The Morgan fingerprint density at radius 1 is 0.732 bits per heavy atom. The van der Waals surface area contributed by atoms with Gasteiger partial charge in [0.05, 0.1) is 32.3 Å². The third-order valence-electron chi connectivity index (χ3n) is 11.6. The van der Waals surface area contributed by atoms with E-state index in [1.165, 1.54) is 49.7 Å². The number of ether oxygens (including phenoxy) is 5. The van der Waals surface area contributed by atoms with Crippen molar-refractivity contribution in [2.24, 2.45) is 0 Å². The molecule has 2 bridgehead atoms. The average Bonchev–Trinajstić information content (AvgIpc) is 3.76. The standard InChI is InChI=1S/C43H54NO7.C2H4O3/c1-2-3-4-5-6-7-17-26-39(45)49-40(33-20-11-8-12-21-33)50-42(47)51-43(34-22-13-9-14-23-34,35-24-15-10-16-25-35)41(46)48-38-31-36-27-28-37(32-38)44(36)29-18-19-30-44;1-5-2(3)4/h8-16,20-25,36-38,40H,2-7,17-19,26-32H2,1H3;1H3,(H,3,4)/q+1;. The molecule has 3 fully saturated rings. The van der Waals surface area contributed by atoms with E-state index in [2.05, 4.69) is 11.7 Å². The molecule has 11 nitrogen and oxygen atoms in total. The van der Waals surface area contributed by atoms with Crippen LogP contribution in [0.15, 0.2) is 91.0 Å². The molecule has 3 unspecified atom stereocenters. The van der Waals surface area contributed by atoms with Crippen LogP contribution in [0, 0.1) is 0 Å². The summed E-state index contributed by atoms with van der Waals surface area (Å²) < 4.78 is 29.1. The fraction of sp³-hybridized carbons (Fsp3) is 0.511. The minimum Gasteiger partial charge on any atom is -0.458 e. The van der Waals surface area contributed by atoms with Gasteiger partial charge in [-0.15, -0.1) is 0 Å². The fourth-order valence-corrected chi connectivity index (χ4v) is 8.86. The highest BCUT2D eigenvalue weighted by Crippen LogP contribution is 2.47. The highest BCUT2D eigenvalue weighted by molar-refractivity contribution is 5.88. The van der Waals surface area contributed by atoms with Gasteiger partial charge >= 0.3 is 24.2 Å². The van der Waals surface area contributed by atoms with Crippen LogP contribution in [0.3, 0.4) is 0 Å². The number of hydrogen-bond donors (Lipinski definition) is 1. The topological polar surface area (TPSA) is 135 Å². The molecule has 3 aliphatic rings. The van der Waals surface area contributed by atoms with Gasteiger partial charge in [-0.05, 0) is 6.42 Å². The molecule has 3 saturated heterocycles. The zero-order valence-corrected chi connectivity index (χ0v) is 32.9. The van der Waals surface area contributed by atoms with Gasteiger partial charge in [0.1, 0.15) is 6.10 Å². The number of carboxylic acid groups (broad SMARTS) is 1. The van der Waals surface area contributed by atoms with Crippen LogP contribution in [0.4, 0.5) is 9.59 Å². The molecule has 11 heteroatoms. The van der Waals surface area contributed by atoms with Gasteiger partial charge in [-0.25, -0.2) is 14.4 Å². The Bertz CT molecular complexity index is 1620. The van der Waals surface area contributed by atoms with E-state index in [9.17, 15) is 14.4 Å². The number of quaternary nitrogens is 1. The van der Waals surface area contributed by atoms with Gasteiger partial charge in [0.2, 0.25) is 0 Å². The summed E-state index contributed by atoms with van der Waals surface area (Å²) in [6, 6.07) is 27.7. The van der Waals surface area contributed by atoms with Gasteiger partial charge in [-0.3, -0.25) is 4.79 Å². The number of nitrogens with zero attached hydrogens (tertiary/aromatic N) is 1. The molecule has 3 aliphatic heterocycles. The van der Waals surface area contributed by atoms with Crippen LogP contribution in [0.1, 0.15) is 120 Å². The molecule has 1 spiro atoms. The molecule has 0 aliphatic carbocycles. The Morgan fingerprint density at radius 3 is 1.75 bits per heavy atom. The molecule has 302 valence electrons. The third-order valence-corrected chi connectivity index (χ3v) is 11.6. The van der Waals surface area contributed by atoms with E-state index >= 15 is 0 Å². The molecule has 56 heavy (non-hydrogen) atoms. The van der Waals surface area contributed by atoms with Crippen molar-refractivity contribution in [1.29, 1.82) is 0 Å². The van der Waals surface area contributed by atoms with Crippen molar-refractivity contribution in [3.8, 4) is 0 Å². The lowest BCUT2D eigenvalue weighted by molar-refractivity contribution is -0.956. The lowest BCUT2D eigenvalue weighted by atomic mass is 9.85. The van der Waals surface area contributed by atoms with E-state index in [4.69, 9.17) is 28.8 Å². The van der Waals surface area contributed by atoms with Crippen LogP contribution < -0.4 is 0 Å². The quantitative estimate of drug-likeness (QED) is 0.0493. The molecule has 1 N–H and O–H groups in total. The number of piperidine rings is 1. The molecular weight excluding hydrogens is 714 g/mol. The summed E-state index contributed by atoms with van der Waals surface area (Å²) in [6.45, 7) is 4.63. The van der Waals surface area contributed by atoms with E-state index in [1.807, 2.05) is 18.2 Å². The summed E-state index contributed by atoms with van der Waals surface area (Å²) in [6.07, 6.45) is 10.1. The highest BCUT2D eigenvalue weighted by Gasteiger charge is 2.57. The van der Waals surface area contributed by atoms with Crippen LogP contribution in [-0.2, 0) is 38.9 Å². The largest absolute Gasteiger partial charge is 0.513 e. The van der Waals surface area contributed by atoms with Crippen LogP contribution in [0.5, 0.6) is 0 Å². The van der Waals surface area contributed by atoms with E-state index in [0.29, 0.717) is 35.2 Å². The average molecular weight is 773 g/mol. The Labute approximate surface area is 330 Å². The number of hydrogen-bond acceptors (Lipinski definition) is 9. The first-order valence-electron chi connectivity index (χ1n) is 20.3. The lowest BCUT2D eigenvalue weighted by Crippen LogP contribution is -2.60. The van der Waals surface area contributed by atoms with Crippen LogP contribution in [-0.4, -0.2) is 72.2 Å². The van der Waals surface area contributed by atoms with E-state index in [1.54, 1.807) is 72.8 Å². The van der Waals surface area contributed by atoms with Gasteiger partial charge < -0.3 is 33.3 Å². The summed E-state index contributed by atoms with van der Waals surface area (Å²) in [7, 11) is 1.10. The molecule has 3 aromatic rings. The molecule has 0 aromatic heterocycles. The molecule has 3 heterocycles. The van der Waals surface area contributed by atoms with Crippen molar-refractivity contribution < 1.29 is 52.5 Å². The number of carbonyl (C=O) groups excluding carboxylic acids is 3. The maximum Gasteiger partial charge on any atom is 0.513 e. The van der Waals surface area contributed by atoms with Crippen LogP contribution in [0.25, 0.3) is 0 Å². The van der Waals surface area contributed by atoms with Crippen molar-refractivity contribution in [2.45, 2.75) is 127 Å². The van der Waals surface area contributed by atoms with Gasteiger partial charge in [0.15, 0.2) is 0 Å². The highest BCUT2D eigenvalue weighted by atomic mass is 16.8. The second-order valence-corrected chi connectivity index (χ2v) is 15.1. The monoisotopic (exact) mass is 772 g/mol. The first-order chi connectivity index (χ1) is 27.2. The fourth-order valence-electron chi connectivity index (χ4n) is 8.86. The molecular formula is C45H58NO10+. The first-order valence-corrected chi connectivity index (χ1v) is 20.3. The van der Waals surface area contributed by atoms with E-state index < -0.39 is 36.1 Å². The van der Waals surface area contributed by atoms with Crippen LogP contribution in [0.2, 0.25) is 0 Å². The lowest BCUT2D eigenvalue weighted by Gasteiger charge is -2.47. The van der Waals surface area contributed by atoms with Gasteiger partial charge in [-0.2, -0.15) is 0 Å². The molecule has 0 radical (unpaired) electrons. The zero-order valence-electron chi connectivity index (χ0n) is 32.9. The predicted octanol–water partition coefficient (Wildman–Crippen LogP) is 9.62. The summed E-state index contributed by atoms with van der Waals surface area (Å²) in [5.41, 5.74) is -0.607. The van der Waals surface area contributed by atoms with Crippen LogP contribution >= 0.6 is 0 Å². The van der Waals surface area contributed by atoms with Gasteiger partial charge in [0, 0.05) is 61.6 Å². The number of carbonyl (C=O) groups is 4. The maximum atomic E-state index is 14.7. The minimum atomic E-state index is -1.96. The maximum absolute atomic E-state index is 14.7. The number of esters is 2. The van der Waals surface area contributed by atoms with Crippen molar-refractivity contribution in [3.63, 3.8) is 0 Å². The van der Waals surface area contributed by atoms with Crippen molar-refractivity contribution in [1.82, 2.24) is 0 Å². The SMILES string of the molecule is CCCCCCCCCC(=O)OC(OC(=O)OC(C(=O)OC1CC2CCC(C1)[N+]21CCCC1)(c1ccccc1)c1ccccc1)c1ccccc1.COC(=O)O. The Kier molecular flexibility index (Phi) is 15.7. The smallest absolute Gasteiger partial charge is 0.458 e. The van der Waals surface area contributed by atoms with Crippen molar-refractivity contribution in [3.05, 3.63) is 108 Å².